The standard InChI is InChI=1S/C25H33FN2O4/c1-32-20-10-15(2-3-19(20)26)11-24(7-5-22(30)28-24)6-4-21(29)27-23-17-8-16-9-18(23)14-25(31,12-16)13-17/h2-3,10,16-18,23,31H,4-9,11-14H2,1H3,(H,27,29)(H,28,30)/t16?,17-,18-,23?,24+,25?/m1/s1. The van der Waals surface area contributed by atoms with Crippen LogP contribution in [-0.2, 0) is 16.0 Å². The van der Waals surface area contributed by atoms with Crippen LogP contribution in [0.1, 0.15) is 63.4 Å². The molecular formula is C25H33FN2O4. The molecule has 3 N–H and O–H groups in total. The van der Waals surface area contributed by atoms with Gasteiger partial charge in [0.05, 0.1) is 12.7 Å². The first kappa shape index (κ1) is 21.7. The number of benzene rings is 1. The predicted octanol–water partition coefficient (Wildman–Crippen LogP) is 2.86. The Morgan fingerprint density at radius 2 is 2.03 bits per heavy atom. The summed E-state index contributed by atoms with van der Waals surface area (Å²) in [5.74, 6) is 1.14. The van der Waals surface area contributed by atoms with Gasteiger partial charge in [-0.05, 0) is 86.8 Å². The summed E-state index contributed by atoms with van der Waals surface area (Å²) in [7, 11) is 1.43. The molecule has 0 radical (unpaired) electrons. The van der Waals surface area contributed by atoms with Crippen molar-refractivity contribution >= 4 is 11.8 Å². The van der Waals surface area contributed by atoms with Crippen LogP contribution in [0.5, 0.6) is 5.75 Å². The molecule has 2 amide bonds. The first-order valence-electron chi connectivity index (χ1n) is 11.9. The van der Waals surface area contributed by atoms with Gasteiger partial charge in [-0.25, -0.2) is 4.39 Å². The Morgan fingerprint density at radius 1 is 1.28 bits per heavy atom. The van der Waals surface area contributed by atoms with E-state index in [1.807, 2.05) is 0 Å². The Hall–Kier alpha value is -2.15. The van der Waals surface area contributed by atoms with Crippen molar-refractivity contribution in [3.63, 3.8) is 0 Å². The maximum absolute atomic E-state index is 13.8. The number of methoxy groups -OCH3 is 1. The van der Waals surface area contributed by atoms with Gasteiger partial charge in [0.25, 0.3) is 0 Å². The highest BCUT2D eigenvalue weighted by atomic mass is 19.1. The molecule has 3 atom stereocenters. The van der Waals surface area contributed by atoms with Gasteiger partial charge >= 0.3 is 0 Å². The molecular weight excluding hydrogens is 411 g/mol. The van der Waals surface area contributed by atoms with Gasteiger partial charge in [0, 0.05) is 24.4 Å². The predicted molar refractivity (Wildman–Crippen MR) is 116 cm³/mol. The Morgan fingerprint density at radius 3 is 2.66 bits per heavy atom. The van der Waals surface area contributed by atoms with Crippen LogP contribution in [0.2, 0.25) is 0 Å². The minimum Gasteiger partial charge on any atom is -0.494 e. The largest absolute Gasteiger partial charge is 0.494 e. The average Bonchev–Trinajstić information content (AvgIpc) is 3.10. The summed E-state index contributed by atoms with van der Waals surface area (Å²) in [4.78, 5) is 25.0. The van der Waals surface area contributed by atoms with Gasteiger partial charge in [-0.1, -0.05) is 6.07 Å². The van der Waals surface area contributed by atoms with Crippen molar-refractivity contribution in [3.05, 3.63) is 29.6 Å². The van der Waals surface area contributed by atoms with Crippen LogP contribution in [0.3, 0.4) is 0 Å². The Bertz CT molecular complexity index is 905. The molecule has 6 rings (SSSR count). The number of carbonyl (C=O) groups excluding carboxylic acids is 2. The molecule has 0 unspecified atom stereocenters. The second-order valence-corrected chi connectivity index (χ2v) is 10.8. The van der Waals surface area contributed by atoms with E-state index < -0.39 is 17.0 Å². The molecule has 1 aromatic rings. The van der Waals surface area contributed by atoms with E-state index >= 15 is 0 Å². The van der Waals surface area contributed by atoms with E-state index in [0.29, 0.717) is 49.9 Å². The molecule has 0 spiro atoms. The number of amides is 2. The van der Waals surface area contributed by atoms with Gasteiger partial charge in [0.2, 0.25) is 11.8 Å². The fourth-order valence-electron chi connectivity index (χ4n) is 7.21. The number of rotatable bonds is 7. The molecule has 7 heteroatoms. The van der Waals surface area contributed by atoms with E-state index in [9.17, 15) is 19.1 Å². The lowest BCUT2D eigenvalue weighted by molar-refractivity contribution is -0.146. The van der Waals surface area contributed by atoms with Gasteiger partial charge in [-0.2, -0.15) is 0 Å². The summed E-state index contributed by atoms with van der Waals surface area (Å²) < 4.78 is 18.9. The third kappa shape index (κ3) is 4.12. The highest BCUT2D eigenvalue weighted by Crippen LogP contribution is 2.55. The third-order valence-corrected chi connectivity index (χ3v) is 8.39. The normalized spacial score (nSPS) is 37.4. The average molecular weight is 445 g/mol. The van der Waals surface area contributed by atoms with Crippen molar-refractivity contribution in [2.45, 2.75) is 81.4 Å². The SMILES string of the molecule is COc1cc(C[C@]2(CCC(=O)NC3[C@@H]4CC5C[C@@H]3CC(O)(C5)C4)CCC(=O)N2)ccc1F. The van der Waals surface area contributed by atoms with Gasteiger partial charge < -0.3 is 20.5 Å². The summed E-state index contributed by atoms with van der Waals surface area (Å²) in [6.45, 7) is 0. The Labute approximate surface area is 188 Å². The van der Waals surface area contributed by atoms with Gasteiger partial charge in [-0.15, -0.1) is 0 Å². The topological polar surface area (TPSA) is 87.7 Å². The monoisotopic (exact) mass is 444 g/mol. The highest BCUT2D eigenvalue weighted by Gasteiger charge is 2.55. The maximum Gasteiger partial charge on any atom is 0.220 e. The van der Waals surface area contributed by atoms with Crippen LogP contribution >= 0.6 is 0 Å². The second-order valence-electron chi connectivity index (χ2n) is 10.8. The number of carbonyl (C=O) groups is 2. The van der Waals surface area contributed by atoms with Crippen molar-refractivity contribution in [1.29, 1.82) is 0 Å². The Kier molecular flexibility index (Phi) is 5.43. The highest BCUT2D eigenvalue weighted by molar-refractivity contribution is 5.80. The molecule has 174 valence electrons. The summed E-state index contributed by atoms with van der Waals surface area (Å²) in [5, 5.41) is 17.2. The molecule has 4 bridgehead atoms. The smallest absolute Gasteiger partial charge is 0.220 e. The van der Waals surface area contributed by atoms with Crippen molar-refractivity contribution in [3.8, 4) is 5.75 Å². The molecule has 5 aliphatic rings. The zero-order chi connectivity index (χ0) is 22.5. The van der Waals surface area contributed by atoms with Gasteiger partial charge in [0.1, 0.15) is 0 Å². The second kappa shape index (κ2) is 8.01. The van der Waals surface area contributed by atoms with Crippen LogP contribution < -0.4 is 15.4 Å². The summed E-state index contributed by atoms with van der Waals surface area (Å²) in [6.07, 6.45) is 7.25. The number of hydrogen-bond donors (Lipinski definition) is 3. The number of nitrogens with one attached hydrogen (secondary N) is 2. The van der Waals surface area contributed by atoms with Gasteiger partial charge in [0.15, 0.2) is 11.6 Å². The quantitative estimate of drug-likeness (QED) is 0.604. The van der Waals surface area contributed by atoms with Crippen LogP contribution in [0.25, 0.3) is 0 Å². The molecule has 6 nitrogen and oxygen atoms in total. The lowest BCUT2D eigenvalue weighted by Crippen LogP contribution is -2.61. The lowest BCUT2D eigenvalue weighted by atomic mass is 9.52. The molecule has 1 aliphatic heterocycles. The van der Waals surface area contributed by atoms with Crippen LogP contribution in [0.15, 0.2) is 18.2 Å². The van der Waals surface area contributed by atoms with E-state index in [1.165, 1.54) is 13.2 Å². The van der Waals surface area contributed by atoms with Crippen molar-refractivity contribution in [2.24, 2.45) is 17.8 Å². The molecule has 5 fully saturated rings. The maximum atomic E-state index is 13.8. The number of aliphatic hydroxyl groups is 1. The molecule has 4 aliphatic carbocycles. The van der Waals surface area contributed by atoms with E-state index in [2.05, 4.69) is 10.6 Å². The van der Waals surface area contributed by atoms with E-state index in [0.717, 1.165) is 37.7 Å². The minimum atomic E-state index is -0.508. The zero-order valence-corrected chi connectivity index (χ0v) is 18.7. The molecule has 0 aromatic heterocycles. The lowest BCUT2D eigenvalue weighted by Gasteiger charge is -2.58. The van der Waals surface area contributed by atoms with Gasteiger partial charge in [-0.3, -0.25) is 9.59 Å². The van der Waals surface area contributed by atoms with Crippen molar-refractivity contribution in [1.82, 2.24) is 10.6 Å². The minimum absolute atomic E-state index is 0.00577. The van der Waals surface area contributed by atoms with Crippen LogP contribution in [0, 0.1) is 23.6 Å². The first-order valence-corrected chi connectivity index (χ1v) is 11.9. The first-order chi connectivity index (χ1) is 15.3. The van der Waals surface area contributed by atoms with Crippen LogP contribution in [0.4, 0.5) is 4.39 Å². The van der Waals surface area contributed by atoms with Crippen molar-refractivity contribution in [2.75, 3.05) is 7.11 Å². The number of ether oxygens (including phenoxy) is 1. The van der Waals surface area contributed by atoms with Crippen LogP contribution in [-0.4, -0.2) is 41.2 Å². The molecule has 1 saturated heterocycles. The number of hydrogen-bond acceptors (Lipinski definition) is 4. The summed E-state index contributed by atoms with van der Waals surface area (Å²) in [6, 6.07) is 4.92. The van der Waals surface area contributed by atoms with E-state index in [1.54, 1.807) is 12.1 Å². The fraction of sp³-hybridized carbons (Fsp3) is 0.680. The number of halogens is 1. The fourth-order valence-corrected chi connectivity index (χ4v) is 7.21. The summed E-state index contributed by atoms with van der Waals surface area (Å²) >= 11 is 0. The molecule has 1 aromatic carbocycles. The summed E-state index contributed by atoms with van der Waals surface area (Å²) in [5.41, 5.74) is -0.136. The Balaban J connectivity index is 1.23. The molecule has 4 saturated carbocycles. The molecule has 1 heterocycles. The molecule has 32 heavy (non-hydrogen) atoms. The zero-order valence-electron chi connectivity index (χ0n) is 18.7. The third-order valence-electron chi connectivity index (χ3n) is 8.39. The van der Waals surface area contributed by atoms with E-state index in [-0.39, 0.29) is 23.6 Å². The van der Waals surface area contributed by atoms with Crippen molar-refractivity contribution < 1.29 is 23.8 Å². The van der Waals surface area contributed by atoms with E-state index in [4.69, 9.17) is 4.74 Å².